The third kappa shape index (κ3) is 4.42. The van der Waals surface area contributed by atoms with Crippen LogP contribution in [0.3, 0.4) is 0 Å². The third-order valence-electron chi connectivity index (χ3n) is 3.98. The van der Waals surface area contributed by atoms with E-state index in [1.165, 1.54) is 17.8 Å². The van der Waals surface area contributed by atoms with E-state index in [0.717, 1.165) is 11.3 Å². The first-order valence-electron chi connectivity index (χ1n) is 8.75. The monoisotopic (exact) mass is 399 g/mol. The second-order valence-corrected chi connectivity index (χ2v) is 7.47. The molecule has 9 heteroatoms. The number of anilines is 2. The van der Waals surface area contributed by atoms with Crippen molar-refractivity contribution < 1.29 is 9.32 Å². The number of aryl methyl sites for hydroxylation is 2. The highest BCUT2D eigenvalue weighted by Crippen LogP contribution is 2.28. The number of amides is 1. The van der Waals surface area contributed by atoms with Gasteiger partial charge in [-0.25, -0.2) is 0 Å². The molecule has 2 heterocycles. The maximum atomic E-state index is 12.7. The number of hydrogen-bond donors (Lipinski definition) is 2. The predicted molar refractivity (Wildman–Crippen MR) is 109 cm³/mol. The Labute approximate surface area is 166 Å². The highest BCUT2D eigenvalue weighted by atomic mass is 32.2. The van der Waals surface area contributed by atoms with Crippen molar-refractivity contribution in [3.63, 3.8) is 0 Å². The first-order valence-corrected chi connectivity index (χ1v) is 9.62. The Bertz CT molecular complexity index is 1060. The zero-order valence-electron chi connectivity index (χ0n) is 15.8. The van der Waals surface area contributed by atoms with Crippen LogP contribution in [-0.4, -0.2) is 25.9 Å². The fraction of sp³-hybridized carbons (Fsp3) is 0.263. The van der Waals surface area contributed by atoms with E-state index in [0.29, 0.717) is 23.2 Å². The average Bonchev–Trinajstić information content (AvgIpc) is 3.03. The highest BCUT2D eigenvalue weighted by molar-refractivity contribution is 8.00. The van der Waals surface area contributed by atoms with Gasteiger partial charge in [0, 0.05) is 17.8 Å². The summed E-state index contributed by atoms with van der Waals surface area (Å²) in [4.78, 5) is 28.7. The predicted octanol–water partition coefficient (Wildman–Crippen LogP) is 2.93. The molecule has 28 heavy (non-hydrogen) atoms. The van der Waals surface area contributed by atoms with Gasteiger partial charge in [-0.3, -0.25) is 14.2 Å². The van der Waals surface area contributed by atoms with Gasteiger partial charge >= 0.3 is 0 Å². The van der Waals surface area contributed by atoms with Gasteiger partial charge in [-0.15, -0.1) is 0 Å². The maximum absolute atomic E-state index is 12.7. The molecule has 3 N–H and O–H groups in total. The SMILES string of the molecule is CC[C@@H](Sc1nc(=O)cc(N)n1-c1cccc(C)c1)C(=O)Nc1cc(C)on1. The van der Waals surface area contributed by atoms with Gasteiger partial charge < -0.3 is 15.6 Å². The lowest BCUT2D eigenvalue weighted by molar-refractivity contribution is -0.115. The molecule has 0 aliphatic rings. The Kier molecular flexibility index (Phi) is 5.84. The number of carbonyl (C=O) groups excluding carboxylic acids is 1. The molecule has 1 amide bonds. The summed E-state index contributed by atoms with van der Waals surface area (Å²) in [5.41, 5.74) is 7.47. The Morgan fingerprint density at radius 3 is 2.75 bits per heavy atom. The minimum absolute atomic E-state index is 0.256. The standard InChI is InChI=1S/C19H21N5O3S/c1-4-14(18(26)21-16-9-12(3)27-23-16)28-19-22-17(25)10-15(20)24(19)13-7-5-6-11(2)8-13/h5-10,14H,4,20H2,1-3H3,(H,21,23,26)/t14-/m1/s1. The Morgan fingerprint density at radius 2 is 2.11 bits per heavy atom. The van der Waals surface area contributed by atoms with Crippen LogP contribution in [0.1, 0.15) is 24.7 Å². The number of thioether (sulfide) groups is 1. The molecule has 0 aliphatic heterocycles. The van der Waals surface area contributed by atoms with Crippen molar-refractivity contribution in [2.24, 2.45) is 0 Å². The molecule has 0 bridgehead atoms. The molecule has 0 saturated heterocycles. The topological polar surface area (TPSA) is 116 Å². The van der Waals surface area contributed by atoms with Gasteiger partial charge in [0.25, 0.3) is 5.56 Å². The van der Waals surface area contributed by atoms with Crippen LogP contribution in [0.2, 0.25) is 0 Å². The van der Waals surface area contributed by atoms with Gasteiger partial charge in [-0.1, -0.05) is 36.0 Å². The molecular weight excluding hydrogens is 378 g/mol. The maximum Gasteiger partial charge on any atom is 0.275 e. The molecule has 0 radical (unpaired) electrons. The fourth-order valence-corrected chi connectivity index (χ4v) is 3.71. The van der Waals surface area contributed by atoms with Crippen molar-refractivity contribution in [2.45, 2.75) is 37.6 Å². The lowest BCUT2D eigenvalue weighted by Gasteiger charge is -2.18. The number of benzene rings is 1. The number of nitrogen functional groups attached to an aromatic ring is 1. The zero-order chi connectivity index (χ0) is 20.3. The van der Waals surface area contributed by atoms with Gasteiger partial charge in [0.2, 0.25) is 5.91 Å². The number of nitrogens with one attached hydrogen (secondary N) is 1. The van der Waals surface area contributed by atoms with Crippen LogP contribution in [-0.2, 0) is 4.79 Å². The van der Waals surface area contributed by atoms with E-state index in [-0.39, 0.29) is 11.7 Å². The molecule has 0 aliphatic carbocycles. The summed E-state index contributed by atoms with van der Waals surface area (Å²) >= 11 is 1.18. The summed E-state index contributed by atoms with van der Waals surface area (Å²) in [5.74, 6) is 0.948. The minimum Gasteiger partial charge on any atom is -0.385 e. The summed E-state index contributed by atoms with van der Waals surface area (Å²) in [7, 11) is 0. The van der Waals surface area contributed by atoms with Crippen molar-refractivity contribution in [1.29, 1.82) is 0 Å². The number of hydrogen-bond acceptors (Lipinski definition) is 7. The molecule has 146 valence electrons. The highest BCUT2D eigenvalue weighted by Gasteiger charge is 2.23. The summed E-state index contributed by atoms with van der Waals surface area (Å²) in [6.07, 6.45) is 0.520. The second-order valence-electron chi connectivity index (χ2n) is 6.30. The van der Waals surface area contributed by atoms with Gasteiger partial charge in [-0.2, -0.15) is 4.98 Å². The van der Waals surface area contributed by atoms with E-state index in [1.807, 2.05) is 38.1 Å². The lowest BCUT2D eigenvalue weighted by atomic mass is 10.2. The molecule has 0 fully saturated rings. The fourth-order valence-electron chi connectivity index (χ4n) is 2.67. The molecule has 1 atom stereocenters. The van der Waals surface area contributed by atoms with E-state index in [2.05, 4.69) is 15.5 Å². The number of nitrogens with zero attached hydrogens (tertiary/aromatic N) is 3. The third-order valence-corrected chi connectivity index (χ3v) is 5.29. The quantitative estimate of drug-likeness (QED) is 0.483. The number of rotatable bonds is 6. The molecule has 2 aromatic heterocycles. The van der Waals surface area contributed by atoms with Crippen molar-refractivity contribution >= 4 is 29.3 Å². The average molecular weight is 399 g/mol. The summed E-state index contributed by atoms with van der Waals surface area (Å²) < 4.78 is 6.65. The van der Waals surface area contributed by atoms with Gasteiger partial charge in [0.15, 0.2) is 11.0 Å². The van der Waals surface area contributed by atoms with Crippen molar-refractivity contribution in [3.8, 4) is 5.69 Å². The van der Waals surface area contributed by atoms with Crippen LogP contribution in [0, 0.1) is 13.8 Å². The van der Waals surface area contributed by atoms with E-state index < -0.39 is 10.8 Å². The van der Waals surface area contributed by atoms with Crippen molar-refractivity contribution in [2.75, 3.05) is 11.1 Å². The largest absolute Gasteiger partial charge is 0.385 e. The molecule has 0 unspecified atom stereocenters. The van der Waals surface area contributed by atoms with Crippen LogP contribution in [0.25, 0.3) is 5.69 Å². The van der Waals surface area contributed by atoms with Crippen LogP contribution in [0.15, 0.2) is 50.9 Å². The van der Waals surface area contributed by atoms with Gasteiger partial charge in [-0.05, 0) is 38.0 Å². The Hall–Kier alpha value is -3.07. The summed E-state index contributed by atoms with van der Waals surface area (Å²) in [5, 5.41) is 6.35. The van der Waals surface area contributed by atoms with Crippen LogP contribution in [0.5, 0.6) is 0 Å². The molecular formula is C19H21N5O3S. The van der Waals surface area contributed by atoms with E-state index in [4.69, 9.17) is 10.3 Å². The van der Waals surface area contributed by atoms with Crippen LogP contribution < -0.4 is 16.6 Å². The molecule has 0 saturated carbocycles. The number of nitrogens with two attached hydrogens (primary N) is 1. The molecule has 0 spiro atoms. The smallest absolute Gasteiger partial charge is 0.275 e. The van der Waals surface area contributed by atoms with Crippen LogP contribution in [0.4, 0.5) is 11.6 Å². The molecule has 1 aromatic carbocycles. The Balaban J connectivity index is 1.93. The van der Waals surface area contributed by atoms with E-state index in [9.17, 15) is 9.59 Å². The Morgan fingerprint density at radius 1 is 1.32 bits per heavy atom. The first kappa shape index (κ1) is 19.7. The normalized spacial score (nSPS) is 12.0. The first-order chi connectivity index (χ1) is 13.4. The molecule has 3 rings (SSSR count). The summed E-state index contributed by atoms with van der Waals surface area (Å²) in [6.45, 7) is 5.59. The van der Waals surface area contributed by atoms with E-state index >= 15 is 0 Å². The van der Waals surface area contributed by atoms with Gasteiger partial charge in [0.05, 0.1) is 5.25 Å². The summed E-state index contributed by atoms with van der Waals surface area (Å²) in [6, 6.07) is 10.6. The second kappa shape index (κ2) is 8.30. The van der Waals surface area contributed by atoms with E-state index in [1.54, 1.807) is 17.6 Å². The zero-order valence-corrected chi connectivity index (χ0v) is 16.6. The van der Waals surface area contributed by atoms with Crippen molar-refractivity contribution in [1.82, 2.24) is 14.7 Å². The number of aromatic nitrogens is 3. The minimum atomic E-state index is -0.498. The van der Waals surface area contributed by atoms with Crippen molar-refractivity contribution in [3.05, 3.63) is 58.1 Å². The lowest BCUT2D eigenvalue weighted by Crippen LogP contribution is -2.26. The molecule has 8 nitrogen and oxygen atoms in total. The molecule has 3 aromatic rings. The van der Waals surface area contributed by atoms with Crippen LogP contribution >= 0.6 is 11.8 Å². The van der Waals surface area contributed by atoms with Gasteiger partial charge in [0.1, 0.15) is 11.6 Å². The number of carbonyl (C=O) groups is 1.